The molecule has 1 amide bonds. The first-order chi connectivity index (χ1) is 9.69. The second-order valence-electron chi connectivity index (χ2n) is 4.80. The number of hydrogen-bond acceptors (Lipinski definition) is 2. The molecule has 104 valence electrons. The van der Waals surface area contributed by atoms with Crippen molar-refractivity contribution in [3.05, 3.63) is 53.2 Å². The number of carbonyl (C=O) groups excluding carboxylic acids is 2. The molecule has 3 heteroatoms. The molecule has 0 saturated heterocycles. The fourth-order valence-corrected chi connectivity index (χ4v) is 2.36. The molecule has 0 spiro atoms. The van der Waals surface area contributed by atoms with Gasteiger partial charge in [-0.1, -0.05) is 43.3 Å². The Balaban J connectivity index is 2.38. The third-order valence-corrected chi connectivity index (χ3v) is 3.32. The summed E-state index contributed by atoms with van der Waals surface area (Å²) >= 11 is 0. The second kappa shape index (κ2) is 6.33. The molecular weight excluding hydrogens is 250 g/mol. The molecule has 0 unspecified atom stereocenters. The van der Waals surface area contributed by atoms with Gasteiger partial charge in [0.2, 0.25) is 11.7 Å². The summed E-state index contributed by atoms with van der Waals surface area (Å²) in [7, 11) is 0. The summed E-state index contributed by atoms with van der Waals surface area (Å²) in [6.07, 6.45) is 5.80. The van der Waals surface area contributed by atoms with Crippen LogP contribution in [0.1, 0.15) is 49.0 Å². The summed E-state index contributed by atoms with van der Waals surface area (Å²) in [4.78, 5) is 24.2. The number of rotatable bonds is 5. The highest BCUT2D eigenvalue weighted by atomic mass is 16.2. The van der Waals surface area contributed by atoms with E-state index in [1.807, 2.05) is 50.3 Å². The van der Waals surface area contributed by atoms with Crippen LogP contribution in [0.15, 0.2) is 42.1 Å². The highest BCUT2D eigenvalue weighted by molar-refractivity contribution is 6.21. The average Bonchev–Trinajstić information content (AvgIpc) is 2.71. The van der Waals surface area contributed by atoms with Crippen molar-refractivity contribution >= 4 is 17.3 Å². The fraction of sp³-hybridized carbons (Fsp3) is 0.294. The normalized spacial score (nSPS) is 14.0. The molecule has 0 aromatic heterocycles. The lowest BCUT2D eigenvalue weighted by atomic mass is 10.0. The maximum atomic E-state index is 12.4. The van der Waals surface area contributed by atoms with Crippen LogP contribution in [0, 0.1) is 0 Å². The number of allylic oxidation sites excluding steroid dienone is 4. The maximum absolute atomic E-state index is 12.4. The Labute approximate surface area is 119 Å². The van der Waals surface area contributed by atoms with Crippen LogP contribution >= 0.6 is 0 Å². The quantitative estimate of drug-likeness (QED) is 0.832. The zero-order valence-electron chi connectivity index (χ0n) is 11.9. The van der Waals surface area contributed by atoms with Crippen molar-refractivity contribution in [1.82, 2.24) is 5.32 Å². The zero-order valence-corrected chi connectivity index (χ0v) is 11.9. The molecule has 1 aliphatic rings. The van der Waals surface area contributed by atoms with Crippen molar-refractivity contribution in [2.75, 3.05) is 0 Å². The van der Waals surface area contributed by atoms with Crippen LogP contribution in [-0.4, -0.2) is 11.7 Å². The van der Waals surface area contributed by atoms with Crippen molar-refractivity contribution < 1.29 is 9.59 Å². The van der Waals surface area contributed by atoms with E-state index < -0.39 is 0 Å². The first-order valence-electron chi connectivity index (χ1n) is 6.97. The summed E-state index contributed by atoms with van der Waals surface area (Å²) in [5.74, 6) is -0.175. The standard InChI is InChI=1S/C17H19NO2/c1-3-5-9-13-12-10-6-7-11-14(12)17(20)16(13)18-15(19)8-4-2/h3,5-7,10-11H,4,8-9H2,1-2H3,(H,18,19,20). The van der Waals surface area contributed by atoms with Crippen LogP contribution in [0.5, 0.6) is 0 Å². The Bertz CT molecular complexity index is 597. The Hall–Kier alpha value is -2.16. The zero-order chi connectivity index (χ0) is 14.5. The van der Waals surface area contributed by atoms with E-state index in [4.69, 9.17) is 0 Å². The van der Waals surface area contributed by atoms with Crippen LogP contribution in [-0.2, 0) is 4.79 Å². The van der Waals surface area contributed by atoms with Gasteiger partial charge in [-0.05, 0) is 30.9 Å². The third-order valence-electron chi connectivity index (χ3n) is 3.32. The first kappa shape index (κ1) is 14.3. The molecule has 3 nitrogen and oxygen atoms in total. The van der Waals surface area contributed by atoms with E-state index in [1.54, 1.807) is 0 Å². The van der Waals surface area contributed by atoms with Crippen molar-refractivity contribution in [3.8, 4) is 0 Å². The van der Waals surface area contributed by atoms with Gasteiger partial charge in [-0.25, -0.2) is 0 Å². The highest BCUT2D eigenvalue weighted by Gasteiger charge is 2.29. The van der Waals surface area contributed by atoms with Crippen molar-refractivity contribution in [1.29, 1.82) is 0 Å². The summed E-state index contributed by atoms with van der Waals surface area (Å²) in [5.41, 5.74) is 2.97. The Morgan fingerprint density at radius 1 is 1.25 bits per heavy atom. The molecule has 0 saturated carbocycles. The number of ketones is 1. The van der Waals surface area contributed by atoms with Gasteiger partial charge in [0, 0.05) is 12.0 Å². The number of Topliss-reactive ketones (excluding diaryl/α,β-unsaturated/α-hetero) is 1. The topological polar surface area (TPSA) is 46.2 Å². The van der Waals surface area contributed by atoms with Crippen LogP contribution < -0.4 is 5.32 Å². The molecule has 1 N–H and O–H groups in total. The highest BCUT2D eigenvalue weighted by Crippen LogP contribution is 2.33. The smallest absolute Gasteiger partial charge is 0.224 e. The van der Waals surface area contributed by atoms with Gasteiger partial charge in [0.25, 0.3) is 0 Å². The average molecular weight is 269 g/mol. The minimum atomic E-state index is -0.0957. The van der Waals surface area contributed by atoms with Gasteiger partial charge in [0.1, 0.15) is 0 Å². The van der Waals surface area contributed by atoms with Gasteiger partial charge in [-0.2, -0.15) is 0 Å². The molecule has 2 rings (SSSR count). The van der Waals surface area contributed by atoms with Gasteiger partial charge >= 0.3 is 0 Å². The number of carbonyl (C=O) groups is 2. The SMILES string of the molecule is CC=CCC1=C(NC(=O)CCC)C(=O)c2ccccc21. The molecule has 20 heavy (non-hydrogen) atoms. The van der Waals surface area contributed by atoms with E-state index >= 15 is 0 Å². The monoisotopic (exact) mass is 269 g/mol. The molecule has 1 aromatic rings. The van der Waals surface area contributed by atoms with Gasteiger partial charge in [-0.15, -0.1) is 0 Å². The molecule has 0 bridgehead atoms. The minimum absolute atomic E-state index is 0.0791. The molecule has 0 radical (unpaired) electrons. The van der Waals surface area contributed by atoms with Gasteiger partial charge < -0.3 is 5.32 Å². The van der Waals surface area contributed by atoms with E-state index in [-0.39, 0.29) is 11.7 Å². The summed E-state index contributed by atoms with van der Waals surface area (Å²) in [5, 5.41) is 2.79. The Morgan fingerprint density at radius 3 is 2.60 bits per heavy atom. The largest absolute Gasteiger partial charge is 0.323 e. The van der Waals surface area contributed by atoms with E-state index in [0.717, 1.165) is 17.6 Å². The molecular formula is C17H19NO2. The number of hydrogen-bond donors (Lipinski definition) is 1. The minimum Gasteiger partial charge on any atom is -0.323 e. The van der Waals surface area contributed by atoms with Crippen molar-refractivity contribution in [3.63, 3.8) is 0 Å². The van der Waals surface area contributed by atoms with E-state index in [2.05, 4.69) is 5.32 Å². The number of amides is 1. The number of fused-ring (bicyclic) bond motifs is 1. The molecule has 1 aliphatic carbocycles. The lowest BCUT2D eigenvalue weighted by molar-refractivity contribution is -0.120. The molecule has 0 fully saturated rings. The predicted octanol–water partition coefficient (Wildman–Crippen LogP) is 3.48. The third kappa shape index (κ3) is 2.72. The molecule has 0 atom stereocenters. The maximum Gasteiger partial charge on any atom is 0.224 e. The molecule has 0 heterocycles. The van der Waals surface area contributed by atoms with E-state index in [1.165, 1.54) is 0 Å². The Kier molecular flexibility index (Phi) is 4.51. The summed E-state index contributed by atoms with van der Waals surface area (Å²) < 4.78 is 0. The van der Waals surface area contributed by atoms with Crippen molar-refractivity contribution in [2.45, 2.75) is 33.1 Å². The van der Waals surface area contributed by atoms with Gasteiger partial charge in [-0.3, -0.25) is 9.59 Å². The van der Waals surface area contributed by atoms with E-state index in [0.29, 0.717) is 24.1 Å². The van der Waals surface area contributed by atoms with Gasteiger partial charge in [0.15, 0.2) is 0 Å². The lowest BCUT2D eigenvalue weighted by Crippen LogP contribution is -2.26. The van der Waals surface area contributed by atoms with Crippen LogP contribution in [0.2, 0.25) is 0 Å². The predicted molar refractivity (Wildman–Crippen MR) is 80.2 cm³/mol. The molecule has 0 aliphatic heterocycles. The second-order valence-corrected chi connectivity index (χ2v) is 4.80. The first-order valence-corrected chi connectivity index (χ1v) is 6.97. The number of nitrogens with one attached hydrogen (secondary N) is 1. The Morgan fingerprint density at radius 2 is 1.95 bits per heavy atom. The fourth-order valence-electron chi connectivity index (χ4n) is 2.36. The number of benzene rings is 1. The van der Waals surface area contributed by atoms with E-state index in [9.17, 15) is 9.59 Å². The van der Waals surface area contributed by atoms with Crippen molar-refractivity contribution in [2.24, 2.45) is 0 Å². The van der Waals surface area contributed by atoms with Crippen LogP contribution in [0.4, 0.5) is 0 Å². The van der Waals surface area contributed by atoms with Gasteiger partial charge in [0.05, 0.1) is 5.70 Å². The summed E-state index contributed by atoms with van der Waals surface area (Å²) in [6, 6.07) is 7.51. The van der Waals surface area contributed by atoms with Crippen LogP contribution in [0.25, 0.3) is 5.57 Å². The van der Waals surface area contributed by atoms with Crippen LogP contribution in [0.3, 0.4) is 0 Å². The summed E-state index contributed by atoms with van der Waals surface area (Å²) in [6.45, 7) is 3.89. The molecule has 1 aromatic carbocycles. The lowest BCUT2D eigenvalue weighted by Gasteiger charge is -2.07.